The summed E-state index contributed by atoms with van der Waals surface area (Å²) in [5, 5.41) is 0. The van der Waals surface area contributed by atoms with E-state index >= 15 is 0 Å². The van der Waals surface area contributed by atoms with Crippen molar-refractivity contribution >= 4 is 6.09 Å². The van der Waals surface area contributed by atoms with E-state index in [1.807, 2.05) is 25.7 Å². The Morgan fingerprint density at radius 2 is 1.43 bits per heavy atom. The van der Waals surface area contributed by atoms with Gasteiger partial charge in [-0.1, -0.05) is 12.8 Å². The van der Waals surface area contributed by atoms with Crippen LogP contribution in [0.1, 0.15) is 59.3 Å². The predicted molar refractivity (Wildman–Crippen MR) is 79.8 cm³/mol. The number of likely N-dealkylation sites (tertiary alicyclic amines) is 1. The maximum Gasteiger partial charge on any atom is 0.410 e. The van der Waals surface area contributed by atoms with Crippen LogP contribution in [0.3, 0.4) is 0 Å². The number of hydrogen-bond donors (Lipinski definition) is 0. The number of carbonyl (C=O) groups is 1. The van der Waals surface area contributed by atoms with Gasteiger partial charge in [0.2, 0.25) is 0 Å². The van der Waals surface area contributed by atoms with Crippen molar-refractivity contribution in [3.63, 3.8) is 0 Å². The topological polar surface area (TPSA) is 29.5 Å². The van der Waals surface area contributed by atoms with Crippen molar-refractivity contribution in [2.45, 2.75) is 64.9 Å². The van der Waals surface area contributed by atoms with Crippen molar-refractivity contribution in [2.75, 3.05) is 13.1 Å². The summed E-state index contributed by atoms with van der Waals surface area (Å²) < 4.78 is 5.49. The third kappa shape index (κ3) is 2.22. The maximum atomic E-state index is 12.1. The quantitative estimate of drug-likeness (QED) is 0.611. The molecule has 0 atom stereocenters. The zero-order valence-corrected chi connectivity index (χ0v) is 16.3. The van der Waals surface area contributed by atoms with E-state index in [9.17, 15) is 4.79 Å². The van der Waals surface area contributed by atoms with Crippen LogP contribution in [0.4, 0.5) is 4.79 Å². The molecule has 0 aromatic carbocycles. The van der Waals surface area contributed by atoms with Gasteiger partial charge in [-0.25, -0.2) is 4.79 Å². The van der Waals surface area contributed by atoms with Crippen LogP contribution in [0, 0.1) is 28.1 Å². The summed E-state index contributed by atoms with van der Waals surface area (Å²) in [5.41, 5.74) is 1.85. The fourth-order valence-electron chi connectivity index (χ4n) is 6.22. The first-order valence-corrected chi connectivity index (χ1v) is 8.83. The number of hydrogen-bond acceptors (Lipinski definition) is 2. The molecule has 0 N–H and O–H groups in total. The summed E-state index contributed by atoms with van der Waals surface area (Å²) in [5.74, 6) is 2.39. The second-order valence-electron chi connectivity index (χ2n) is 9.58. The van der Waals surface area contributed by atoms with Gasteiger partial charge in [-0.05, 0) is 69.1 Å². The summed E-state index contributed by atoms with van der Waals surface area (Å²) in [7, 11) is 0. The molecular formula is C18H27Co2NO2. The molecule has 6 aliphatic rings. The smallest absolute Gasteiger partial charge is 0.410 e. The molecule has 134 valence electrons. The van der Waals surface area contributed by atoms with E-state index in [-0.39, 0.29) is 45.3 Å². The second kappa shape index (κ2) is 4.92. The van der Waals surface area contributed by atoms with E-state index in [1.54, 1.807) is 0 Å². The van der Waals surface area contributed by atoms with Gasteiger partial charge in [-0.15, -0.1) is 0 Å². The molecule has 5 saturated carbocycles. The molecule has 0 bridgehead atoms. The molecule has 23 heavy (non-hydrogen) atoms. The van der Waals surface area contributed by atoms with Crippen LogP contribution < -0.4 is 0 Å². The van der Waals surface area contributed by atoms with E-state index < -0.39 is 0 Å². The van der Waals surface area contributed by atoms with Gasteiger partial charge in [0.25, 0.3) is 0 Å². The van der Waals surface area contributed by atoms with Crippen molar-refractivity contribution in [3.8, 4) is 0 Å². The van der Waals surface area contributed by atoms with Crippen LogP contribution in [-0.2, 0) is 38.3 Å². The Balaban J connectivity index is 0.000000781. The normalized spacial score (nSPS) is 43.9. The van der Waals surface area contributed by atoms with Crippen LogP contribution in [0.15, 0.2) is 0 Å². The van der Waals surface area contributed by atoms with Gasteiger partial charge in [0.15, 0.2) is 0 Å². The molecule has 6 rings (SSSR count). The fraction of sp³-hybridized carbons (Fsp3) is 0.944. The Bertz CT molecular complexity index is 500. The van der Waals surface area contributed by atoms with E-state index in [1.165, 1.54) is 50.4 Å². The average molecular weight is 407 g/mol. The molecule has 5 aliphatic carbocycles. The van der Waals surface area contributed by atoms with Gasteiger partial charge in [-0.2, -0.15) is 0 Å². The summed E-state index contributed by atoms with van der Waals surface area (Å²) in [4.78, 5) is 14.0. The number of rotatable bonds is 0. The van der Waals surface area contributed by atoms with E-state index in [0.717, 1.165) is 23.9 Å². The van der Waals surface area contributed by atoms with Gasteiger partial charge in [0.1, 0.15) is 5.60 Å². The molecule has 1 amide bonds. The molecule has 6 fully saturated rings. The molecule has 3 spiro atoms. The largest absolute Gasteiger partial charge is 0.444 e. The Morgan fingerprint density at radius 3 is 1.87 bits per heavy atom. The van der Waals surface area contributed by atoms with Crippen molar-refractivity contribution in [3.05, 3.63) is 0 Å². The molecule has 0 unspecified atom stereocenters. The van der Waals surface area contributed by atoms with Crippen LogP contribution >= 0.6 is 0 Å². The Labute approximate surface area is 160 Å². The number of carbonyl (C=O) groups excluding carboxylic acids is 1. The molecule has 2 radical (unpaired) electrons. The van der Waals surface area contributed by atoms with Crippen molar-refractivity contribution in [1.29, 1.82) is 0 Å². The first-order valence-electron chi connectivity index (χ1n) is 8.83. The van der Waals surface area contributed by atoms with Crippen molar-refractivity contribution in [1.82, 2.24) is 4.90 Å². The van der Waals surface area contributed by atoms with Gasteiger partial charge >= 0.3 is 6.09 Å². The van der Waals surface area contributed by atoms with Gasteiger partial charge < -0.3 is 9.64 Å². The molecule has 3 nitrogen and oxygen atoms in total. The van der Waals surface area contributed by atoms with Crippen LogP contribution in [0.2, 0.25) is 0 Å². The van der Waals surface area contributed by atoms with Crippen LogP contribution in [0.25, 0.3) is 0 Å². The van der Waals surface area contributed by atoms with E-state index in [0.29, 0.717) is 5.41 Å². The number of amides is 1. The van der Waals surface area contributed by atoms with Crippen molar-refractivity contribution < 1.29 is 43.1 Å². The SMILES string of the molecule is CC(C)(C)OC(=O)N1CC2(CCCC34C5C3C54CCC2)C1.[Co].[Co]. The van der Waals surface area contributed by atoms with Crippen molar-refractivity contribution in [2.24, 2.45) is 28.1 Å². The predicted octanol–water partition coefficient (Wildman–Crippen LogP) is 3.82. The maximum absolute atomic E-state index is 12.1. The standard InChI is InChI=1S/C18H27NO2.2Co/c1-15(2,3)21-14(20)19-10-16(11-19)6-4-8-17-12-13(17)18(12,17)9-5-7-16;;/h12-13H,4-11H2,1-3H3;;. The van der Waals surface area contributed by atoms with Gasteiger partial charge in [-0.3, -0.25) is 0 Å². The zero-order valence-electron chi connectivity index (χ0n) is 14.2. The van der Waals surface area contributed by atoms with E-state index in [4.69, 9.17) is 4.74 Å². The molecule has 1 aliphatic heterocycles. The second-order valence-corrected chi connectivity index (χ2v) is 9.58. The molecule has 1 saturated heterocycles. The Morgan fingerprint density at radius 1 is 0.957 bits per heavy atom. The summed E-state index contributed by atoms with van der Waals surface area (Å²) in [6.45, 7) is 7.71. The number of ether oxygens (including phenoxy) is 1. The third-order valence-corrected chi connectivity index (χ3v) is 7.33. The molecule has 5 heteroatoms. The Kier molecular flexibility index (Phi) is 3.87. The zero-order chi connectivity index (χ0) is 14.7. The molecule has 0 aromatic heterocycles. The monoisotopic (exact) mass is 407 g/mol. The summed E-state index contributed by atoms with van der Waals surface area (Å²) in [6.07, 6.45) is 8.36. The van der Waals surface area contributed by atoms with Crippen LogP contribution in [-0.4, -0.2) is 29.7 Å². The fourth-order valence-corrected chi connectivity index (χ4v) is 6.22. The Hall–Kier alpha value is 0.283. The minimum Gasteiger partial charge on any atom is -0.444 e. The van der Waals surface area contributed by atoms with Gasteiger partial charge in [0.05, 0.1) is 0 Å². The summed E-state index contributed by atoms with van der Waals surface area (Å²) >= 11 is 0. The first-order chi connectivity index (χ1) is 9.85. The average Bonchev–Trinajstić information content (AvgIpc) is 3.19. The van der Waals surface area contributed by atoms with Gasteiger partial charge in [0, 0.05) is 52.1 Å². The minimum absolute atomic E-state index is 0. The minimum atomic E-state index is -0.373. The molecule has 1 heterocycles. The first kappa shape index (κ1) is 18.1. The molecule has 0 aromatic rings. The van der Waals surface area contributed by atoms with Crippen LogP contribution in [0.5, 0.6) is 0 Å². The molecular weight excluding hydrogens is 380 g/mol. The summed E-state index contributed by atoms with van der Waals surface area (Å²) in [6, 6.07) is 0. The number of nitrogens with zero attached hydrogens (tertiary/aromatic N) is 1. The third-order valence-electron chi connectivity index (χ3n) is 7.33. The van der Waals surface area contributed by atoms with E-state index in [2.05, 4.69) is 0 Å².